The summed E-state index contributed by atoms with van der Waals surface area (Å²) in [6.45, 7) is 8.75. The van der Waals surface area contributed by atoms with E-state index >= 15 is 0 Å². The molecule has 2 unspecified atom stereocenters. The molecule has 3 heteroatoms. The Kier molecular flexibility index (Phi) is 10.3. The Labute approximate surface area is 150 Å². The zero-order valence-corrected chi connectivity index (χ0v) is 16.7. The highest BCUT2D eigenvalue weighted by atomic mass is 79.9. The summed E-state index contributed by atoms with van der Waals surface area (Å²) in [5.41, 5.74) is 1.20. The van der Waals surface area contributed by atoms with Gasteiger partial charge in [-0.25, -0.2) is 0 Å². The fourth-order valence-electron chi connectivity index (χ4n) is 2.93. The summed E-state index contributed by atoms with van der Waals surface area (Å²) in [5, 5.41) is 3.55. The molecule has 1 N–H and O–H groups in total. The Morgan fingerprint density at radius 1 is 1.22 bits per heavy atom. The monoisotopic (exact) mass is 381 g/mol. The topological polar surface area (TPSA) is 21.3 Å². The third-order valence-electron chi connectivity index (χ3n) is 4.24. The lowest BCUT2D eigenvalue weighted by atomic mass is 9.91. The van der Waals surface area contributed by atoms with Crippen LogP contribution in [-0.4, -0.2) is 13.7 Å². The van der Waals surface area contributed by atoms with Crippen LogP contribution in [0.4, 0.5) is 0 Å². The molecular formula is C20H32BrNO. The number of halogens is 1. The third kappa shape index (κ3) is 8.57. The molecule has 2 atom stereocenters. The van der Waals surface area contributed by atoms with Gasteiger partial charge >= 0.3 is 0 Å². The molecule has 0 heterocycles. The Morgan fingerprint density at radius 3 is 2.65 bits per heavy atom. The lowest BCUT2D eigenvalue weighted by molar-refractivity contribution is 0.372. The van der Waals surface area contributed by atoms with Crippen LogP contribution >= 0.6 is 15.9 Å². The second-order valence-electron chi connectivity index (χ2n) is 6.51. The Bertz CT molecular complexity index is 473. The predicted octanol–water partition coefficient (Wildman–Crippen LogP) is 5.96. The molecule has 0 radical (unpaired) electrons. The van der Waals surface area contributed by atoms with Crippen molar-refractivity contribution in [3.8, 4) is 5.75 Å². The van der Waals surface area contributed by atoms with E-state index in [1.165, 1.54) is 31.2 Å². The molecule has 0 aliphatic rings. The first-order valence-corrected chi connectivity index (χ1v) is 9.50. The molecule has 0 aliphatic heterocycles. The molecule has 23 heavy (non-hydrogen) atoms. The third-order valence-corrected chi connectivity index (χ3v) is 4.73. The van der Waals surface area contributed by atoms with Crippen LogP contribution in [0.2, 0.25) is 0 Å². The fraction of sp³-hybridized carbons (Fsp3) is 0.600. The first-order chi connectivity index (χ1) is 11.1. The van der Waals surface area contributed by atoms with Crippen molar-refractivity contribution in [3.05, 3.63) is 40.4 Å². The van der Waals surface area contributed by atoms with Gasteiger partial charge in [0.15, 0.2) is 0 Å². The molecular weight excluding hydrogens is 350 g/mol. The maximum absolute atomic E-state index is 5.41. The number of benzene rings is 1. The Morgan fingerprint density at radius 2 is 1.96 bits per heavy atom. The molecule has 1 aromatic carbocycles. The van der Waals surface area contributed by atoms with Gasteiger partial charge in [-0.3, -0.25) is 0 Å². The minimum absolute atomic E-state index is 0.771. The number of hydrogen-bond donors (Lipinski definition) is 1. The van der Waals surface area contributed by atoms with Gasteiger partial charge in [0.2, 0.25) is 0 Å². The van der Waals surface area contributed by atoms with Crippen LogP contribution in [0.5, 0.6) is 5.75 Å². The van der Waals surface area contributed by atoms with E-state index in [2.05, 4.69) is 60.2 Å². The average molecular weight is 382 g/mol. The van der Waals surface area contributed by atoms with Crippen molar-refractivity contribution in [2.24, 2.45) is 11.8 Å². The van der Waals surface area contributed by atoms with Crippen molar-refractivity contribution in [1.82, 2.24) is 5.32 Å². The van der Waals surface area contributed by atoms with Gasteiger partial charge in [-0.15, -0.1) is 0 Å². The van der Waals surface area contributed by atoms with Gasteiger partial charge in [0.25, 0.3) is 0 Å². The van der Waals surface area contributed by atoms with Gasteiger partial charge in [-0.1, -0.05) is 41.9 Å². The van der Waals surface area contributed by atoms with Crippen LogP contribution < -0.4 is 10.1 Å². The van der Waals surface area contributed by atoms with Crippen LogP contribution in [0.3, 0.4) is 0 Å². The summed E-state index contributed by atoms with van der Waals surface area (Å²) in [7, 11) is 1.73. The van der Waals surface area contributed by atoms with Gasteiger partial charge < -0.3 is 10.1 Å². The lowest BCUT2D eigenvalue weighted by Crippen LogP contribution is -2.18. The molecule has 1 aromatic rings. The van der Waals surface area contributed by atoms with Crippen LogP contribution in [0, 0.1) is 11.8 Å². The van der Waals surface area contributed by atoms with Gasteiger partial charge in [-0.2, -0.15) is 0 Å². The quantitative estimate of drug-likeness (QED) is 0.377. The van der Waals surface area contributed by atoms with E-state index in [4.69, 9.17) is 4.74 Å². The molecule has 2 nitrogen and oxygen atoms in total. The molecule has 0 saturated carbocycles. The first kappa shape index (κ1) is 20.2. The summed E-state index contributed by atoms with van der Waals surface area (Å²) in [6, 6.07) is 6.15. The van der Waals surface area contributed by atoms with E-state index < -0.39 is 0 Å². The molecule has 0 bridgehead atoms. The van der Waals surface area contributed by atoms with E-state index in [0.717, 1.165) is 35.1 Å². The second kappa shape index (κ2) is 11.7. The normalized spacial score (nSPS) is 14.1. The van der Waals surface area contributed by atoms with Crippen LogP contribution in [0.25, 0.3) is 0 Å². The van der Waals surface area contributed by atoms with Crippen LogP contribution in [0.1, 0.15) is 52.0 Å². The van der Waals surface area contributed by atoms with Crippen molar-refractivity contribution in [2.75, 3.05) is 13.7 Å². The summed E-state index contributed by atoms with van der Waals surface area (Å²) < 4.78 is 6.51. The number of hydrogen-bond acceptors (Lipinski definition) is 2. The second-order valence-corrected chi connectivity index (χ2v) is 7.43. The first-order valence-electron chi connectivity index (χ1n) is 8.71. The SMILES string of the molecule is CC=CCCC(C)CC(C)CCNCc1cc(Br)ccc1OC. The highest BCUT2D eigenvalue weighted by Crippen LogP contribution is 2.23. The Hall–Kier alpha value is -0.800. The smallest absolute Gasteiger partial charge is 0.123 e. The van der Waals surface area contributed by atoms with E-state index in [1.54, 1.807) is 7.11 Å². The predicted molar refractivity (Wildman–Crippen MR) is 104 cm³/mol. The number of ether oxygens (including phenoxy) is 1. The van der Waals surface area contributed by atoms with Crippen LogP contribution in [0.15, 0.2) is 34.8 Å². The molecule has 0 saturated heterocycles. The van der Waals surface area contributed by atoms with Crippen molar-refractivity contribution in [3.63, 3.8) is 0 Å². The lowest BCUT2D eigenvalue weighted by Gasteiger charge is -2.17. The fourth-order valence-corrected chi connectivity index (χ4v) is 3.34. The summed E-state index contributed by atoms with van der Waals surface area (Å²) in [5.74, 6) is 2.53. The number of methoxy groups -OCH3 is 1. The zero-order chi connectivity index (χ0) is 17.1. The van der Waals surface area contributed by atoms with Crippen molar-refractivity contribution in [2.45, 2.75) is 53.0 Å². The van der Waals surface area contributed by atoms with Gasteiger partial charge in [-0.05, 0) is 69.2 Å². The van der Waals surface area contributed by atoms with Crippen molar-refractivity contribution in [1.29, 1.82) is 0 Å². The van der Waals surface area contributed by atoms with E-state index in [0.29, 0.717) is 0 Å². The number of rotatable bonds is 11. The molecule has 0 amide bonds. The van der Waals surface area contributed by atoms with E-state index in [9.17, 15) is 0 Å². The number of allylic oxidation sites excluding steroid dienone is 2. The standard InChI is InChI=1S/C20H32BrNO/c1-5-6-7-8-16(2)13-17(3)11-12-22-15-18-14-19(21)9-10-20(18)23-4/h5-6,9-10,14,16-17,22H,7-8,11-13,15H2,1-4H3. The number of nitrogens with one attached hydrogen (secondary N) is 1. The summed E-state index contributed by atoms with van der Waals surface area (Å²) in [6.07, 6.45) is 9.48. The largest absolute Gasteiger partial charge is 0.496 e. The Balaban J connectivity index is 2.25. The summed E-state index contributed by atoms with van der Waals surface area (Å²) in [4.78, 5) is 0. The maximum Gasteiger partial charge on any atom is 0.123 e. The van der Waals surface area contributed by atoms with Crippen molar-refractivity contribution >= 4 is 15.9 Å². The van der Waals surface area contributed by atoms with Gasteiger partial charge in [0, 0.05) is 16.6 Å². The van der Waals surface area contributed by atoms with E-state index in [1.807, 2.05) is 12.1 Å². The molecule has 1 rings (SSSR count). The maximum atomic E-state index is 5.41. The average Bonchev–Trinajstić information content (AvgIpc) is 2.52. The zero-order valence-electron chi connectivity index (χ0n) is 15.1. The van der Waals surface area contributed by atoms with Crippen LogP contribution in [-0.2, 0) is 6.54 Å². The molecule has 0 aliphatic carbocycles. The molecule has 0 fully saturated rings. The minimum Gasteiger partial charge on any atom is -0.496 e. The molecule has 0 aromatic heterocycles. The van der Waals surface area contributed by atoms with Gasteiger partial charge in [0.05, 0.1) is 7.11 Å². The highest BCUT2D eigenvalue weighted by molar-refractivity contribution is 9.10. The van der Waals surface area contributed by atoms with Gasteiger partial charge in [0.1, 0.15) is 5.75 Å². The minimum atomic E-state index is 0.771. The summed E-state index contributed by atoms with van der Waals surface area (Å²) >= 11 is 3.52. The van der Waals surface area contributed by atoms with Crippen molar-refractivity contribution < 1.29 is 4.74 Å². The van der Waals surface area contributed by atoms with E-state index in [-0.39, 0.29) is 0 Å². The molecule has 130 valence electrons. The molecule has 0 spiro atoms. The highest BCUT2D eigenvalue weighted by Gasteiger charge is 2.09.